The average Bonchev–Trinajstić information content (AvgIpc) is 2.87. The highest BCUT2D eigenvalue weighted by atomic mass is 35.5. The van der Waals surface area contributed by atoms with Gasteiger partial charge in [-0.2, -0.15) is 13.2 Å². The second-order valence-electron chi connectivity index (χ2n) is 9.60. The van der Waals surface area contributed by atoms with Gasteiger partial charge in [0.15, 0.2) is 0 Å². The lowest BCUT2D eigenvalue weighted by molar-refractivity contribution is -0.137. The normalized spacial score (nSPS) is 22.1. The van der Waals surface area contributed by atoms with Gasteiger partial charge in [-0.15, -0.1) is 0 Å². The van der Waals surface area contributed by atoms with Crippen LogP contribution in [0.15, 0.2) is 59.9 Å². The molecule has 0 bridgehead atoms. The van der Waals surface area contributed by atoms with E-state index in [-0.39, 0.29) is 47.0 Å². The summed E-state index contributed by atoms with van der Waals surface area (Å²) in [5, 5.41) is 14.5. The minimum atomic E-state index is -4.54. The Morgan fingerprint density at radius 2 is 1.92 bits per heavy atom. The van der Waals surface area contributed by atoms with E-state index in [2.05, 4.69) is 20.0 Å². The number of aliphatic hydroxyl groups is 1. The summed E-state index contributed by atoms with van der Waals surface area (Å²) in [5.74, 6) is -1.10. The van der Waals surface area contributed by atoms with Crippen LogP contribution in [0.5, 0.6) is 0 Å². The Bertz CT molecular complexity index is 1440. The van der Waals surface area contributed by atoms with Gasteiger partial charge in [0.05, 0.1) is 21.9 Å². The molecule has 0 unspecified atom stereocenters. The zero-order chi connectivity index (χ0) is 28.6. The molecule has 3 aromatic rings. The van der Waals surface area contributed by atoms with Gasteiger partial charge >= 0.3 is 6.18 Å². The summed E-state index contributed by atoms with van der Waals surface area (Å²) in [7, 11) is -0.834. The number of sulfonamides is 1. The fraction of sp³-hybridized carbons (Fsp3) is 0.360. The van der Waals surface area contributed by atoms with E-state index in [0.717, 1.165) is 30.6 Å². The van der Waals surface area contributed by atoms with Crippen LogP contribution in [0.1, 0.15) is 30.4 Å². The first-order valence-corrected chi connectivity index (χ1v) is 13.7. The van der Waals surface area contributed by atoms with Crippen molar-refractivity contribution in [1.29, 1.82) is 0 Å². The number of anilines is 2. The summed E-state index contributed by atoms with van der Waals surface area (Å²) in [4.78, 5) is 8.59. The van der Waals surface area contributed by atoms with Crippen molar-refractivity contribution in [2.24, 2.45) is 0 Å². The van der Waals surface area contributed by atoms with E-state index in [1.165, 1.54) is 24.4 Å². The topological polar surface area (TPSA) is 107 Å². The molecule has 0 amide bonds. The fourth-order valence-electron chi connectivity index (χ4n) is 4.72. The minimum Gasteiger partial charge on any atom is -0.385 e. The molecule has 0 aliphatic heterocycles. The van der Waals surface area contributed by atoms with Crippen LogP contribution in [-0.4, -0.2) is 54.6 Å². The molecule has 3 N–H and O–H groups in total. The van der Waals surface area contributed by atoms with E-state index in [1.807, 2.05) is 4.90 Å². The van der Waals surface area contributed by atoms with Crippen molar-refractivity contribution < 1.29 is 31.1 Å². The molecule has 1 saturated carbocycles. The molecule has 1 aliphatic carbocycles. The molecule has 4 rings (SSSR count). The molecule has 1 aliphatic rings. The first-order valence-electron chi connectivity index (χ1n) is 11.8. The lowest BCUT2D eigenvalue weighted by Crippen LogP contribution is -2.52. The van der Waals surface area contributed by atoms with Crippen LogP contribution < -0.4 is 10.0 Å². The second-order valence-corrected chi connectivity index (χ2v) is 11.7. The zero-order valence-electron chi connectivity index (χ0n) is 20.9. The summed E-state index contributed by atoms with van der Waals surface area (Å²) in [5.41, 5.74) is -2.07. The number of hydrogen-bond acceptors (Lipinski definition) is 7. The van der Waals surface area contributed by atoms with Crippen molar-refractivity contribution in [1.82, 2.24) is 14.9 Å². The van der Waals surface area contributed by atoms with Crippen molar-refractivity contribution in [2.45, 2.75) is 48.0 Å². The zero-order valence-corrected chi connectivity index (χ0v) is 22.4. The number of likely N-dealkylation sites (N-methyl/N-ethyl adjacent to an activating group) is 1. The molecule has 1 heterocycles. The molecule has 0 spiro atoms. The molecular weight excluding hydrogens is 562 g/mol. The number of rotatable bonds is 7. The number of benzene rings is 2. The van der Waals surface area contributed by atoms with Crippen LogP contribution in [0.25, 0.3) is 0 Å². The molecule has 0 radical (unpaired) electrons. The average molecular weight is 588 g/mol. The van der Waals surface area contributed by atoms with Gasteiger partial charge in [0.2, 0.25) is 0 Å². The molecule has 14 heteroatoms. The van der Waals surface area contributed by atoms with Gasteiger partial charge in [-0.25, -0.2) is 22.8 Å². The monoisotopic (exact) mass is 587 g/mol. The Morgan fingerprint density at radius 1 is 1.18 bits per heavy atom. The summed E-state index contributed by atoms with van der Waals surface area (Å²) < 4.78 is 82.4. The van der Waals surface area contributed by atoms with Gasteiger partial charge in [0.25, 0.3) is 10.0 Å². The Kier molecular flexibility index (Phi) is 8.08. The van der Waals surface area contributed by atoms with Gasteiger partial charge in [-0.1, -0.05) is 23.7 Å². The SMILES string of the molecule is CN(C)[C@@H]1C[C@@](O)(c2cccc(C(F)(F)F)c2)CC[C@H]1Nc1cc(F)c(S(=O)(=O)Nc2ccncn2)cc1Cl. The molecule has 2 aromatic carbocycles. The van der Waals surface area contributed by atoms with Gasteiger partial charge in [-0.3, -0.25) is 4.72 Å². The lowest BCUT2D eigenvalue weighted by Gasteiger charge is -2.45. The maximum atomic E-state index is 15.0. The Hall–Kier alpha value is -3.00. The van der Waals surface area contributed by atoms with Crippen LogP contribution in [0, 0.1) is 5.82 Å². The van der Waals surface area contributed by atoms with Crippen LogP contribution >= 0.6 is 11.6 Å². The van der Waals surface area contributed by atoms with Gasteiger partial charge in [0, 0.05) is 18.3 Å². The standard InChI is InChI=1S/C25H26ClF4N5O3S/c1-35(2)21-13-24(36,15-4-3-5-16(10-15)25(28,29)30)8-6-19(21)33-20-12-18(27)22(11-17(20)26)39(37,38)34-23-7-9-31-14-32-23/h3-5,7,9-12,14,19,21,33,36H,6,8,13H2,1-2H3,(H,31,32,34)/t19-,21-,24-/m1/s1. The molecule has 8 nitrogen and oxygen atoms in total. The predicted octanol–water partition coefficient (Wildman–Crippen LogP) is 4.87. The van der Waals surface area contributed by atoms with Crippen molar-refractivity contribution in [2.75, 3.05) is 24.1 Å². The molecule has 0 saturated heterocycles. The number of hydrogen-bond donors (Lipinski definition) is 3. The smallest absolute Gasteiger partial charge is 0.385 e. The third kappa shape index (κ3) is 6.43. The van der Waals surface area contributed by atoms with Crippen LogP contribution in [0.4, 0.5) is 29.1 Å². The van der Waals surface area contributed by atoms with Crippen molar-refractivity contribution in [3.63, 3.8) is 0 Å². The lowest BCUT2D eigenvalue weighted by atomic mass is 9.74. The summed E-state index contributed by atoms with van der Waals surface area (Å²) in [6.45, 7) is 0. The quantitative estimate of drug-likeness (QED) is 0.339. The molecule has 1 aromatic heterocycles. The molecule has 3 atom stereocenters. The Labute approximate surface area is 228 Å². The highest BCUT2D eigenvalue weighted by molar-refractivity contribution is 7.92. The van der Waals surface area contributed by atoms with Crippen molar-refractivity contribution >= 4 is 33.1 Å². The number of nitrogens with one attached hydrogen (secondary N) is 2. The molecule has 210 valence electrons. The van der Waals surface area contributed by atoms with E-state index in [1.54, 1.807) is 14.1 Å². The molecule has 1 fully saturated rings. The Balaban J connectivity index is 1.56. The first kappa shape index (κ1) is 29.0. The van der Waals surface area contributed by atoms with Crippen LogP contribution in [0.3, 0.4) is 0 Å². The number of aromatic nitrogens is 2. The van der Waals surface area contributed by atoms with Crippen molar-refractivity contribution in [3.05, 3.63) is 77.0 Å². The number of halogens is 5. The maximum Gasteiger partial charge on any atom is 0.416 e. The van der Waals surface area contributed by atoms with Gasteiger partial charge < -0.3 is 15.3 Å². The maximum absolute atomic E-state index is 15.0. The number of alkyl halides is 3. The largest absolute Gasteiger partial charge is 0.416 e. The first-order chi connectivity index (χ1) is 18.2. The van der Waals surface area contributed by atoms with Crippen LogP contribution in [0.2, 0.25) is 5.02 Å². The van der Waals surface area contributed by atoms with E-state index in [9.17, 15) is 26.7 Å². The van der Waals surface area contributed by atoms with Gasteiger partial charge in [0.1, 0.15) is 22.9 Å². The van der Waals surface area contributed by atoms with E-state index >= 15 is 4.39 Å². The van der Waals surface area contributed by atoms with Crippen LogP contribution in [-0.2, 0) is 21.8 Å². The molecular formula is C25H26ClF4N5O3S. The minimum absolute atomic E-state index is 0.0491. The highest BCUT2D eigenvalue weighted by Gasteiger charge is 2.43. The third-order valence-electron chi connectivity index (χ3n) is 6.74. The summed E-state index contributed by atoms with van der Waals surface area (Å²) in [6.07, 6.45) is -1.56. The summed E-state index contributed by atoms with van der Waals surface area (Å²) >= 11 is 6.35. The van der Waals surface area contributed by atoms with Crippen molar-refractivity contribution in [3.8, 4) is 0 Å². The van der Waals surface area contributed by atoms with E-state index in [0.29, 0.717) is 6.42 Å². The van der Waals surface area contributed by atoms with E-state index in [4.69, 9.17) is 11.6 Å². The Morgan fingerprint density at radius 3 is 2.56 bits per heavy atom. The second kappa shape index (κ2) is 10.9. The van der Waals surface area contributed by atoms with Gasteiger partial charge in [-0.05, 0) is 69.3 Å². The van der Waals surface area contributed by atoms with E-state index < -0.39 is 38.1 Å². The third-order valence-corrected chi connectivity index (χ3v) is 8.43. The predicted molar refractivity (Wildman–Crippen MR) is 138 cm³/mol. The summed E-state index contributed by atoms with van der Waals surface area (Å²) in [6, 6.07) is 7.13. The number of nitrogens with zero attached hydrogens (tertiary/aromatic N) is 3. The highest BCUT2D eigenvalue weighted by Crippen LogP contribution is 2.42. The fourth-order valence-corrected chi connectivity index (χ4v) is 6.10. The molecule has 39 heavy (non-hydrogen) atoms.